The Balaban J connectivity index is 1.44. The molecule has 0 radical (unpaired) electrons. The Morgan fingerprint density at radius 1 is 1.25 bits per heavy atom. The van der Waals surface area contributed by atoms with Gasteiger partial charge in [0.25, 0.3) is 0 Å². The quantitative estimate of drug-likeness (QED) is 0.664. The first-order valence-electron chi connectivity index (χ1n) is 8.96. The molecule has 2 N–H and O–H groups in total. The number of carbonyl (C=O) groups is 1. The van der Waals surface area contributed by atoms with Crippen molar-refractivity contribution < 1.29 is 4.79 Å². The first-order chi connectivity index (χ1) is 13.6. The Morgan fingerprint density at radius 3 is 2.82 bits per heavy atom. The van der Waals surface area contributed by atoms with Crippen LogP contribution >= 0.6 is 11.6 Å². The summed E-state index contributed by atoms with van der Waals surface area (Å²) in [7, 11) is 1.80. The van der Waals surface area contributed by atoms with E-state index in [-0.39, 0.29) is 11.9 Å². The zero-order valence-corrected chi connectivity index (χ0v) is 16.1. The van der Waals surface area contributed by atoms with Gasteiger partial charge in [0, 0.05) is 26.3 Å². The van der Waals surface area contributed by atoms with Crippen molar-refractivity contribution >= 4 is 35.0 Å². The number of nitrogens with one attached hydrogen (secondary N) is 2. The second-order valence-corrected chi connectivity index (χ2v) is 7.03. The Kier molecular flexibility index (Phi) is 5.12. The second kappa shape index (κ2) is 7.85. The minimum absolute atomic E-state index is 0.0739. The van der Waals surface area contributed by atoms with E-state index in [2.05, 4.69) is 25.7 Å². The van der Waals surface area contributed by atoms with Gasteiger partial charge in [-0.2, -0.15) is 10.1 Å². The molecule has 9 heteroatoms. The average Bonchev–Trinajstić information content (AvgIpc) is 3.30. The van der Waals surface area contributed by atoms with Crippen LogP contribution < -0.4 is 10.6 Å². The number of carbonyl (C=O) groups excluding carboxylic acids is 1. The highest BCUT2D eigenvalue weighted by Gasteiger charge is 2.31. The first kappa shape index (κ1) is 18.2. The van der Waals surface area contributed by atoms with Gasteiger partial charge in [-0.15, -0.1) is 0 Å². The lowest BCUT2D eigenvalue weighted by atomic mass is 10.2. The van der Waals surface area contributed by atoms with E-state index in [1.165, 1.54) is 0 Å². The predicted molar refractivity (Wildman–Crippen MR) is 108 cm³/mol. The number of hydrogen-bond acceptors (Lipinski definition) is 6. The number of likely N-dealkylation sites (tertiary alicyclic amines) is 1. The Labute approximate surface area is 167 Å². The van der Waals surface area contributed by atoms with E-state index in [0.29, 0.717) is 29.0 Å². The van der Waals surface area contributed by atoms with E-state index in [4.69, 9.17) is 11.6 Å². The van der Waals surface area contributed by atoms with Gasteiger partial charge in [0.15, 0.2) is 5.82 Å². The lowest BCUT2D eigenvalue weighted by Crippen LogP contribution is -2.24. The number of halogens is 1. The van der Waals surface area contributed by atoms with Gasteiger partial charge in [-0.3, -0.25) is 9.48 Å². The third-order valence-corrected chi connectivity index (χ3v) is 4.90. The van der Waals surface area contributed by atoms with Crippen LogP contribution in [0.25, 0.3) is 0 Å². The van der Waals surface area contributed by atoms with Crippen molar-refractivity contribution in [3.63, 3.8) is 0 Å². The number of likely N-dealkylation sites (N-methyl/N-ethyl adjacent to an activating group) is 1. The average molecular weight is 398 g/mol. The lowest BCUT2D eigenvalue weighted by molar-refractivity contribution is -0.129. The summed E-state index contributed by atoms with van der Waals surface area (Å²) >= 11 is 6.21. The standard InChI is InChI=1S/C19H20ClN7O/c1-26-8-7-16(18(26)28)27-12-14(10-23-27)24-19-22-11-15(20)17(25-19)21-9-13-5-3-2-4-6-13/h2-6,10-12,16H,7-9H2,1H3,(H2,21,22,24,25). The van der Waals surface area contributed by atoms with Crippen molar-refractivity contribution in [2.75, 3.05) is 24.2 Å². The Bertz CT molecular complexity index is 975. The van der Waals surface area contributed by atoms with E-state index in [1.54, 1.807) is 35.2 Å². The highest BCUT2D eigenvalue weighted by atomic mass is 35.5. The molecule has 1 saturated heterocycles. The van der Waals surface area contributed by atoms with Crippen molar-refractivity contribution in [3.05, 3.63) is 59.5 Å². The predicted octanol–water partition coefficient (Wildman–Crippen LogP) is 3.09. The number of nitrogens with zero attached hydrogens (tertiary/aromatic N) is 5. The molecular weight excluding hydrogens is 378 g/mol. The fraction of sp³-hybridized carbons (Fsp3) is 0.263. The molecule has 3 heterocycles. The van der Waals surface area contributed by atoms with Crippen LogP contribution in [-0.2, 0) is 11.3 Å². The molecule has 1 aliphatic heterocycles. The number of rotatable bonds is 6. The summed E-state index contributed by atoms with van der Waals surface area (Å²) in [5.41, 5.74) is 1.83. The van der Waals surface area contributed by atoms with Crippen LogP contribution in [0.2, 0.25) is 5.02 Å². The van der Waals surface area contributed by atoms with Crippen LogP contribution in [0, 0.1) is 0 Å². The molecule has 1 atom stereocenters. The van der Waals surface area contributed by atoms with Crippen molar-refractivity contribution in [1.29, 1.82) is 0 Å². The van der Waals surface area contributed by atoms with Gasteiger partial charge < -0.3 is 15.5 Å². The summed E-state index contributed by atoms with van der Waals surface area (Å²) in [5.74, 6) is 1.02. The van der Waals surface area contributed by atoms with Gasteiger partial charge >= 0.3 is 0 Å². The molecule has 8 nitrogen and oxygen atoms in total. The summed E-state index contributed by atoms with van der Waals surface area (Å²) in [6, 6.07) is 9.73. The summed E-state index contributed by atoms with van der Waals surface area (Å²) in [6.07, 6.45) is 5.74. The van der Waals surface area contributed by atoms with E-state index in [9.17, 15) is 4.79 Å². The monoisotopic (exact) mass is 397 g/mol. The van der Waals surface area contributed by atoms with Crippen LogP contribution in [0.5, 0.6) is 0 Å². The molecule has 1 unspecified atom stereocenters. The second-order valence-electron chi connectivity index (χ2n) is 6.63. The molecule has 0 spiro atoms. The summed E-state index contributed by atoms with van der Waals surface area (Å²) in [5, 5.41) is 11.1. The van der Waals surface area contributed by atoms with Crippen LogP contribution in [0.4, 0.5) is 17.5 Å². The molecule has 0 aliphatic carbocycles. The van der Waals surface area contributed by atoms with Crippen LogP contribution in [-0.4, -0.2) is 44.1 Å². The maximum absolute atomic E-state index is 12.1. The molecule has 1 aromatic carbocycles. The van der Waals surface area contributed by atoms with Gasteiger partial charge in [0.05, 0.1) is 18.1 Å². The maximum atomic E-state index is 12.1. The minimum Gasteiger partial charge on any atom is -0.365 e. The number of amides is 1. The fourth-order valence-electron chi connectivity index (χ4n) is 3.08. The molecular formula is C19H20ClN7O. The van der Waals surface area contributed by atoms with E-state index >= 15 is 0 Å². The molecule has 2 aromatic heterocycles. The molecule has 4 rings (SSSR count). The molecule has 28 heavy (non-hydrogen) atoms. The molecule has 0 saturated carbocycles. The molecule has 3 aromatic rings. The Hall–Kier alpha value is -3.13. The van der Waals surface area contributed by atoms with Gasteiger partial charge in [0.1, 0.15) is 11.1 Å². The van der Waals surface area contributed by atoms with Crippen LogP contribution in [0.1, 0.15) is 18.0 Å². The van der Waals surface area contributed by atoms with E-state index in [1.807, 2.05) is 30.3 Å². The fourth-order valence-corrected chi connectivity index (χ4v) is 3.24. The summed E-state index contributed by atoms with van der Waals surface area (Å²) in [6.45, 7) is 1.34. The zero-order chi connectivity index (χ0) is 19.5. The Morgan fingerprint density at radius 2 is 2.07 bits per heavy atom. The third kappa shape index (κ3) is 3.91. The minimum atomic E-state index is -0.255. The smallest absolute Gasteiger partial charge is 0.247 e. The molecule has 1 amide bonds. The van der Waals surface area contributed by atoms with Crippen LogP contribution in [0.3, 0.4) is 0 Å². The van der Waals surface area contributed by atoms with Gasteiger partial charge in [-0.1, -0.05) is 41.9 Å². The van der Waals surface area contributed by atoms with E-state index < -0.39 is 0 Å². The van der Waals surface area contributed by atoms with Crippen molar-refractivity contribution in [2.24, 2.45) is 0 Å². The number of benzene rings is 1. The van der Waals surface area contributed by atoms with Crippen LogP contribution in [0.15, 0.2) is 48.9 Å². The molecule has 1 fully saturated rings. The zero-order valence-electron chi connectivity index (χ0n) is 15.3. The number of anilines is 3. The van der Waals surface area contributed by atoms with Gasteiger partial charge in [0.2, 0.25) is 11.9 Å². The highest BCUT2D eigenvalue weighted by Crippen LogP contribution is 2.25. The number of hydrogen-bond donors (Lipinski definition) is 2. The molecule has 1 aliphatic rings. The lowest BCUT2D eigenvalue weighted by Gasteiger charge is -2.10. The highest BCUT2D eigenvalue weighted by molar-refractivity contribution is 6.32. The third-order valence-electron chi connectivity index (χ3n) is 4.62. The maximum Gasteiger partial charge on any atom is 0.247 e. The van der Waals surface area contributed by atoms with Gasteiger partial charge in [-0.05, 0) is 12.0 Å². The van der Waals surface area contributed by atoms with Crippen molar-refractivity contribution in [3.8, 4) is 0 Å². The summed E-state index contributed by atoms with van der Waals surface area (Å²) in [4.78, 5) is 22.5. The van der Waals surface area contributed by atoms with Gasteiger partial charge in [-0.25, -0.2) is 4.98 Å². The topological polar surface area (TPSA) is 88.0 Å². The largest absolute Gasteiger partial charge is 0.365 e. The van der Waals surface area contributed by atoms with E-state index in [0.717, 1.165) is 18.5 Å². The normalized spacial score (nSPS) is 16.4. The molecule has 144 valence electrons. The number of aromatic nitrogens is 4. The molecule has 0 bridgehead atoms. The van der Waals surface area contributed by atoms with Crippen molar-refractivity contribution in [1.82, 2.24) is 24.6 Å². The summed E-state index contributed by atoms with van der Waals surface area (Å²) < 4.78 is 1.68. The first-order valence-corrected chi connectivity index (χ1v) is 9.34. The SMILES string of the molecule is CN1CCC(n2cc(Nc3ncc(Cl)c(NCc4ccccc4)n3)cn2)C1=O. The van der Waals surface area contributed by atoms with Crippen molar-refractivity contribution in [2.45, 2.75) is 19.0 Å².